The number of benzene rings is 2. The Morgan fingerprint density at radius 2 is 1.85 bits per heavy atom. The Morgan fingerprint density at radius 1 is 1.05 bits per heavy atom. The monoisotopic (exact) mass is 576 g/mol. The van der Waals surface area contributed by atoms with Crippen LogP contribution in [0.4, 0.5) is 5.82 Å². The molecule has 3 heterocycles. The second-order valence-corrected chi connectivity index (χ2v) is 11.5. The molecule has 0 bridgehead atoms. The highest BCUT2D eigenvalue weighted by Gasteiger charge is 2.17. The first-order valence-corrected chi connectivity index (χ1v) is 14.9. The van der Waals surface area contributed by atoms with Crippen molar-refractivity contribution in [2.45, 2.75) is 36.6 Å². The second-order valence-electron chi connectivity index (χ2n) is 9.12. The van der Waals surface area contributed by atoms with Crippen molar-refractivity contribution >= 4 is 57.3 Å². The topological polar surface area (TPSA) is 107 Å². The van der Waals surface area contributed by atoms with Crippen molar-refractivity contribution in [3.8, 4) is 0 Å². The molecule has 0 aliphatic carbocycles. The van der Waals surface area contributed by atoms with E-state index in [4.69, 9.17) is 15.5 Å². The fourth-order valence-electron chi connectivity index (χ4n) is 4.33. The highest BCUT2D eigenvalue weighted by atomic mass is 32.2. The molecule has 0 amide bonds. The lowest BCUT2D eigenvalue weighted by atomic mass is 10.2. The summed E-state index contributed by atoms with van der Waals surface area (Å²) in [4.78, 5) is 20.8. The summed E-state index contributed by atoms with van der Waals surface area (Å²) in [5, 5.41) is 4.29. The molecule has 0 saturated carbocycles. The number of nitrogens with one attached hydrogen (secondary N) is 2. The van der Waals surface area contributed by atoms with Crippen molar-refractivity contribution in [3.05, 3.63) is 83.0 Å². The number of imidazole rings is 1. The van der Waals surface area contributed by atoms with Crippen LogP contribution in [0, 0.1) is 0 Å². The summed E-state index contributed by atoms with van der Waals surface area (Å²) < 4.78 is 12.4. The number of carbonyl (C=O) groups is 1. The number of rotatable bonds is 13. The minimum Gasteiger partial charge on any atom is -0.384 e. The molecule has 5 rings (SSSR count). The number of aromatic nitrogens is 3. The van der Waals surface area contributed by atoms with Crippen molar-refractivity contribution in [2.24, 2.45) is 0 Å². The van der Waals surface area contributed by atoms with Crippen LogP contribution in [0.1, 0.15) is 33.9 Å². The van der Waals surface area contributed by atoms with Gasteiger partial charge in [0.15, 0.2) is 5.82 Å². The molecule has 0 radical (unpaired) electrons. The third-order valence-corrected chi connectivity index (χ3v) is 8.29. The molecule has 0 aliphatic rings. The van der Waals surface area contributed by atoms with Gasteiger partial charge in [-0.25, -0.2) is 9.97 Å². The van der Waals surface area contributed by atoms with Crippen LogP contribution in [0.3, 0.4) is 0 Å². The van der Waals surface area contributed by atoms with Crippen molar-refractivity contribution < 1.29 is 9.53 Å². The number of methoxy groups -OCH3 is 1. The molecule has 5 aromatic rings. The number of nitrogens with zero attached hydrogens (tertiary/aromatic N) is 3. The zero-order valence-electron chi connectivity index (χ0n) is 22.9. The van der Waals surface area contributed by atoms with E-state index in [-0.39, 0.29) is 0 Å². The van der Waals surface area contributed by atoms with E-state index in [1.54, 1.807) is 31.2 Å². The highest BCUT2D eigenvalue weighted by molar-refractivity contribution is 7.99. The standard InChI is InChI=1S/C23H30N6OS2.C7H6O/c1-25-15-16-9-10-20(31-16)32-26-12-5-6-13-29-19(11-14-30-2)28-21-22(29)17-7-3-4-8-18(17)27-23(21)24;8-6-7-4-2-1-3-5-7/h3-4,7-10,25-26H,5-6,11-15H2,1-2H3,(H2,24,27);1-6H. The fraction of sp³-hybridized carbons (Fsp3) is 0.300. The van der Waals surface area contributed by atoms with E-state index in [0.29, 0.717) is 12.4 Å². The number of hydrogen-bond donors (Lipinski definition) is 3. The summed E-state index contributed by atoms with van der Waals surface area (Å²) >= 11 is 3.54. The molecule has 0 fully saturated rings. The molecule has 8 nitrogen and oxygen atoms in total. The largest absolute Gasteiger partial charge is 0.384 e. The van der Waals surface area contributed by atoms with Gasteiger partial charge < -0.3 is 20.4 Å². The summed E-state index contributed by atoms with van der Waals surface area (Å²) in [6.45, 7) is 3.39. The number of nitrogen functional groups attached to an aromatic ring is 1. The number of anilines is 1. The summed E-state index contributed by atoms with van der Waals surface area (Å²) in [6, 6.07) is 21.6. The molecular formula is C30H36N6O2S2. The van der Waals surface area contributed by atoms with Crippen LogP contribution >= 0.6 is 23.3 Å². The van der Waals surface area contributed by atoms with Crippen LogP contribution in [0.5, 0.6) is 0 Å². The van der Waals surface area contributed by atoms with E-state index in [9.17, 15) is 4.79 Å². The molecule has 4 N–H and O–H groups in total. The Balaban J connectivity index is 0.000000398. The maximum atomic E-state index is 10.0. The number of aryl methyl sites for hydroxylation is 1. The smallest absolute Gasteiger partial charge is 0.152 e. The normalized spacial score (nSPS) is 11.1. The number of carbonyl (C=O) groups excluding carboxylic acids is 1. The van der Waals surface area contributed by atoms with E-state index in [2.05, 4.69) is 37.8 Å². The van der Waals surface area contributed by atoms with Crippen molar-refractivity contribution in [3.63, 3.8) is 0 Å². The van der Waals surface area contributed by atoms with Gasteiger partial charge in [-0.1, -0.05) is 48.5 Å². The summed E-state index contributed by atoms with van der Waals surface area (Å²) in [5.41, 5.74) is 9.78. The first kappa shape index (κ1) is 29.7. The molecule has 10 heteroatoms. The number of thiophene rings is 1. The van der Waals surface area contributed by atoms with Gasteiger partial charge >= 0.3 is 0 Å². The SMILES string of the molecule is CNCc1ccc(SNCCCCn2c(CCOC)nc3c(N)nc4ccccc4c32)s1.O=Cc1ccccc1. The lowest BCUT2D eigenvalue weighted by Gasteiger charge is -2.11. The molecule has 2 aromatic carbocycles. The van der Waals surface area contributed by atoms with Gasteiger partial charge in [0.1, 0.15) is 17.6 Å². The Bertz CT molecular complexity index is 1500. The molecule has 0 unspecified atom stereocenters. The molecule has 0 atom stereocenters. The number of fused-ring (bicyclic) bond motifs is 3. The van der Waals surface area contributed by atoms with Gasteiger partial charge in [0.05, 0.1) is 21.8 Å². The first-order chi connectivity index (χ1) is 19.6. The van der Waals surface area contributed by atoms with Gasteiger partial charge in [0.25, 0.3) is 0 Å². The lowest BCUT2D eigenvalue weighted by molar-refractivity contribution is 0.112. The van der Waals surface area contributed by atoms with Crippen LogP contribution in [0.25, 0.3) is 21.9 Å². The Hall–Kier alpha value is -3.28. The summed E-state index contributed by atoms with van der Waals surface area (Å²) in [6.07, 6.45) is 3.70. The lowest BCUT2D eigenvalue weighted by Crippen LogP contribution is -2.10. The van der Waals surface area contributed by atoms with Gasteiger partial charge in [-0.05, 0) is 50.0 Å². The van der Waals surface area contributed by atoms with Crippen molar-refractivity contribution in [1.82, 2.24) is 24.6 Å². The van der Waals surface area contributed by atoms with E-state index in [1.165, 1.54) is 9.09 Å². The Labute approximate surface area is 243 Å². The van der Waals surface area contributed by atoms with Gasteiger partial charge in [0, 0.05) is 49.0 Å². The summed E-state index contributed by atoms with van der Waals surface area (Å²) in [5.74, 6) is 1.49. The van der Waals surface area contributed by atoms with Crippen molar-refractivity contribution in [2.75, 3.05) is 33.0 Å². The molecule has 3 aromatic heterocycles. The number of para-hydroxylation sites is 1. The maximum Gasteiger partial charge on any atom is 0.152 e. The number of hydrogen-bond acceptors (Lipinski definition) is 9. The second kappa shape index (κ2) is 15.5. The zero-order valence-corrected chi connectivity index (χ0v) is 24.6. The molecular weight excluding hydrogens is 541 g/mol. The third-order valence-electron chi connectivity index (χ3n) is 6.23. The van der Waals surface area contributed by atoms with E-state index in [1.807, 2.05) is 54.8 Å². The molecule has 210 valence electrons. The predicted molar refractivity (Wildman–Crippen MR) is 167 cm³/mol. The number of ether oxygens (including phenoxy) is 1. The summed E-state index contributed by atoms with van der Waals surface area (Å²) in [7, 11) is 3.69. The van der Waals surface area contributed by atoms with E-state index >= 15 is 0 Å². The number of aldehydes is 1. The quantitative estimate of drug-likeness (QED) is 0.0929. The average molecular weight is 577 g/mol. The van der Waals surface area contributed by atoms with Gasteiger partial charge in [-0.15, -0.1) is 11.3 Å². The van der Waals surface area contributed by atoms with Crippen LogP contribution in [0.15, 0.2) is 70.9 Å². The number of unbranched alkanes of at least 4 members (excludes halogenated alkanes) is 1. The molecule has 0 aliphatic heterocycles. The number of nitrogens with two attached hydrogens (primary N) is 1. The van der Waals surface area contributed by atoms with Gasteiger partial charge in [-0.2, -0.15) is 0 Å². The first-order valence-electron chi connectivity index (χ1n) is 13.3. The van der Waals surface area contributed by atoms with Crippen LogP contribution < -0.4 is 15.8 Å². The highest BCUT2D eigenvalue weighted by Crippen LogP contribution is 2.29. The Morgan fingerprint density at radius 3 is 2.60 bits per heavy atom. The Kier molecular flexibility index (Phi) is 11.5. The third kappa shape index (κ3) is 7.89. The minimum absolute atomic E-state index is 0.489. The molecule has 0 spiro atoms. The minimum atomic E-state index is 0.489. The van der Waals surface area contributed by atoms with Crippen LogP contribution in [-0.2, 0) is 24.2 Å². The van der Waals surface area contributed by atoms with Gasteiger partial charge in [0.2, 0.25) is 0 Å². The van der Waals surface area contributed by atoms with Crippen molar-refractivity contribution in [1.29, 1.82) is 0 Å². The molecule has 0 saturated heterocycles. The number of pyridine rings is 1. The average Bonchev–Trinajstić information content (AvgIpc) is 3.59. The molecule has 40 heavy (non-hydrogen) atoms. The van der Waals surface area contributed by atoms with E-state index in [0.717, 1.165) is 78.5 Å². The van der Waals surface area contributed by atoms with Gasteiger partial charge in [-0.3, -0.25) is 9.52 Å². The fourth-order valence-corrected chi connectivity index (χ4v) is 6.27. The predicted octanol–water partition coefficient (Wildman–Crippen LogP) is 5.71. The maximum absolute atomic E-state index is 10.0. The van der Waals surface area contributed by atoms with Crippen LogP contribution in [0.2, 0.25) is 0 Å². The van der Waals surface area contributed by atoms with Crippen LogP contribution in [-0.4, -0.2) is 48.1 Å². The zero-order chi connectivity index (χ0) is 28.2. The van der Waals surface area contributed by atoms with E-state index < -0.39 is 0 Å².